The van der Waals surface area contributed by atoms with Crippen molar-refractivity contribution in [2.24, 2.45) is 5.92 Å². The average molecular weight is 527 g/mol. The number of methoxy groups -OCH3 is 1. The fraction of sp³-hybridized carbons (Fsp3) is 0.381. The van der Waals surface area contributed by atoms with Gasteiger partial charge in [-0.25, -0.2) is 9.78 Å². The molecule has 1 unspecified atom stereocenters. The molecule has 2 aromatic heterocycles. The molecule has 0 saturated heterocycles. The highest BCUT2D eigenvalue weighted by atomic mass is 32.2. The van der Waals surface area contributed by atoms with E-state index in [2.05, 4.69) is 25.1 Å². The quantitative estimate of drug-likeness (QED) is 0.367. The van der Waals surface area contributed by atoms with Crippen molar-refractivity contribution in [2.45, 2.75) is 37.9 Å². The van der Waals surface area contributed by atoms with E-state index in [1.165, 1.54) is 35.9 Å². The third-order valence-electron chi connectivity index (χ3n) is 5.00. The third kappa shape index (κ3) is 6.30. The Bertz CT molecular complexity index is 1170. The lowest BCUT2D eigenvalue weighted by atomic mass is 9.86. The summed E-state index contributed by atoms with van der Waals surface area (Å²) in [5.41, 5.74) is -0.793. The van der Waals surface area contributed by atoms with Crippen LogP contribution in [0, 0.1) is 5.92 Å². The molecule has 1 aliphatic rings. The number of thiophene rings is 1. The molecule has 184 valence electrons. The summed E-state index contributed by atoms with van der Waals surface area (Å²) in [5, 5.41) is 9.52. The molecule has 4 N–H and O–H groups in total. The minimum Gasteiger partial charge on any atom is -0.453 e. The molecule has 0 radical (unpaired) electrons. The first-order valence-electron chi connectivity index (χ1n) is 10.3. The molecular weight excluding hydrogens is 500 g/mol. The van der Waals surface area contributed by atoms with Crippen LogP contribution in [0.3, 0.4) is 0 Å². The second-order valence-electron chi connectivity index (χ2n) is 8.01. The normalized spacial score (nSPS) is 20.8. The number of thiazole rings is 1. The summed E-state index contributed by atoms with van der Waals surface area (Å²) < 4.78 is 39.8. The molecule has 34 heavy (non-hydrogen) atoms. The second-order valence-corrected chi connectivity index (χ2v) is 11.0. The number of carbonyl (C=O) groups excluding carboxylic acids is 2. The highest BCUT2D eigenvalue weighted by Gasteiger charge is 2.45. The molecular formula is C21H26N4O6S3. The number of nitrogens with one attached hydrogen (secondary N) is 3. The summed E-state index contributed by atoms with van der Waals surface area (Å²) in [5.74, 6) is -0.503. The largest absolute Gasteiger partial charge is 0.453 e. The van der Waals surface area contributed by atoms with Crippen LogP contribution in [0.25, 0.3) is 10.6 Å². The maximum atomic E-state index is 13.4. The van der Waals surface area contributed by atoms with Gasteiger partial charge in [-0.15, -0.1) is 22.7 Å². The molecule has 13 heteroatoms. The minimum atomic E-state index is -4.63. The van der Waals surface area contributed by atoms with Crippen LogP contribution in [-0.2, 0) is 25.4 Å². The van der Waals surface area contributed by atoms with Crippen LogP contribution in [0.5, 0.6) is 0 Å². The van der Waals surface area contributed by atoms with Crippen LogP contribution in [0.4, 0.5) is 4.79 Å². The number of carbonyl (C=O) groups is 2. The van der Waals surface area contributed by atoms with Gasteiger partial charge in [0, 0.05) is 5.38 Å². The highest BCUT2D eigenvalue weighted by Crippen LogP contribution is 2.36. The number of ether oxygens (including phenoxy) is 1. The zero-order chi connectivity index (χ0) is 24.9. The van der Waals surface area contributed by atoms with Crippen LogP contribution in [0.1, 0.15) is 25.3 Å². The highest BCUT2D eigenvalue weighted by molar-refractivity contribution is 7.83. The van der Waals surface area contributed by atoms with Gasteiger partial charge in [0.15, 0.2) is 0 Å². The van der Waals surface area contributed by atoms with Gasteiger partial charge in [0.05, 0.1) is 23.7 Å². The number of hydrogen-bond donors (Lipinski definition) is 4. The van der Waals surface area contributed by atoms with E-state index in [9.17, 15) is 22.6 Å². The average Bonchev–Trinajstić information content (AvgIpc) is 3.45. The summed E-state index contributed by atoms with van der Waals surface area (Å²) >= 11 is 2.73. The predicted octanol–water partition coefficient (Wildman–Crippen LogP) is 2.84. The van der Waals surface area contributed by atoms with E-state index in [0.29, 0.717) is 17.1 Å². The van der Waals surface area contributed by atoms with E-state index in [-0.39, 0.29) is 5.92 Å². The van der Waals surface area contributed by atoms with Crippen molar-refractivity contribution >= 4 is 45.0 Å². The van der Waals surface area contributed by atoms with Crippen LogP contribution in [-0.4, -0.2) is 49.1 Å². The lowest BCUT2D eigenvalue weighted by Crippen LogP contribution is -2.62. The van der Waals surface area contributed by atoms with Gasteiger partial charge in [-0.05, 0) is 23.8 Å². The molecule has 0 saturated carbocycles. The lowest BCUT2D eigenvalue weighted by Gasteiger charge is -2.38. The second kappa shape index (κ2) is 10.8. The Morgan fingerprint density at radius 1 is 1.29 bits per heavy atom. The van der Waals surface area contributed by atoms with E-state index < -0.39 is 39.9 Å². The van der Waals surface area contributed by atoms with Crippen molar-refractivity contribution in [1.82, 2.24) is 20.3 Å². The van der Waals surface area contributed by atoms with Crippen LogP contribution >= 0.6 is 22.7 Å². The summed E-state index contributed by atoms with van der Waals surface area (Å²) in [7, 11) is -3.44. The third-order valence-corrected chi connectivity index (χ3v) is 7.44. The number of nitrogens with zero attached hydrogens (tertiary/aromatic N) is 1. The van der Waals surface area contributed by atoms with Gasteiger partial charge >= 0.3 is 16.4 Å². The molecule has 10 nitrogen and oxygen atoms in total. The standard InChI is InChI=1S/C21H26N4O6S3/c1-13(2)11-14(23-20(27)31-3)18(26)24-21(9-5-4-8-17(21)25-34(28,29)30)19-22-15(12-33-19)16-7-6-10-32-16/h4-10,12-14,17,25H,11H2,1-3H3,(H,23,27)(H,24,26)(H,28,29,30)/t14-,17-,21?/m0/s1. The van der Waals surface area contributed by atoms with E-state index in [4.69, 9.17) is 0 Å². The molecule has 2 aromatic rings. The topological polar surface area (TPSA) is 147 Å². The maximum Gasteiger partial charge on any atom is 0.407 e. The number of allylic oxidation sites excluding steroid dienone is 2. The molecule has 0 bridgehead atoms. The summed E-state index contributed by atoms with van der Waals surface area (Å²) in [6, 6.07) is 1.75. The summed E-state index contributed by atoms with van der Waals surface area (Å²) in [6.07, 6.45) is 5.90. The smallest absolute Gasteiger partial charge is 0.407 e. The zero-order valence-electron chi connectivity index (χ0n) is 18.7. The van der Waals surface area contributed by atoms with Gasteiger partial charge in [0.25, 0.3) is 0 Å². The minimum absolute atomic E-state index is 0.0580. The van der Waals surface area contributed by atoms with Gasteiger partial charge in [-0.3, -0.25) is 9.35 Å². The molecule has 0 fully saturated rings. The Morgan fingerprint density at radius 3 is 2.68 bits per heavy atom. The molecule has 3 atom stereocenters. The van der Waals surface area contributed by atoms with Gasteiger partial charge in [-0.1, -0.05) is 44.2 Å². The Kier molecular flexibility index (Phi) is 8.25. The van der Waals surface area contributed by atoms with Crippen molar-refractivity contribution in [2.75, 3.05) is 7.11 Å². The van der Waals surface area contributed by atoms with E-state index in [1.54, 1.807) is 18.2 Å². The van der Waals surface area contributed by atoms with Crippen molar-refractivity contribution in [3.8, 4) is 10.6 Å². The Balaban J connectivity index is 2.04. The molecule has 0 spiro atoms. The lowest BCUT2D eigenvalue weighted by molar-refractivity contribution is -0.125. The summed E-state index contributed by atoms with van der Waals surface area (Å²) in [4.78, 5) is 30.9. The number of amides is 2. The van der Waals surface area contributed by atoms with Gasteiger partial charge in [-0.2, -0.15) is 13.1 Å². The van der Waals surface area contributed by atoms with Crippen LogP contribution < -0.4 is 15.4 Å². The zero-order valence-corrected chi connectivity index (χ0v) is 21.2. The van der Waals surface area contributed by atoms with E-state index in [1.807, 2.05) is 36.7 Å². The van der Waals surface area contributed by atoms with Gasteiger partial charge < -0.3 is 15.4 Å². The molecule has 0 aliphatic heterocycles. The fourth-order valence-electron chi connectivity index (χ4n) is 3.50. The monoisotopic (exact) mass is 526 g/mol. The van der Waals surface area contributed by atoms with E-state index in [0.717, 1.165) is 4.88 Å². The number of aromatic nitrogens is 1. The van der Waals surface area contributed by atoms with Crippen molar-refractivity contribution < 1.29 is 27.3 Å². The summed E-state index contributed by atoms with van der Waals surface area (Å²) in [6.45, 7) is 3.80. The fourth-order valence-corrected chi connectivity index (χ4v) is 5.85. The first kappa shape index (κ1) is 26.0. The van der Waals surface area contributed by atoms with Crippen LogP contribution in [0.15, 0.2) is 47.2 Å². The predicted molar refractivity (Wildman–Crippen MR) is 131 cm³/mol. The molecule has 0 aromatic carbocycles. The molecule has 3 rings (SSSR count). The number of alkyl carbamates (subject to hydrolysis) is 1. The first-order chi connectivity index (χ1) is 16.0. The SMILES string of the molecule is COC(=O)N[C@@H](CC(C)C)C(=O)NC1(c2nc(-c3cccs3)cs2)C=CC=C[C@@H]1NS(=O)(=O)O. The van der Waals surface area contributed by atoms with Crippen molar-refractivity contribution in [3.63, 3.8) is 0 Å². The first-order valence-corrected chi connectivity index (χ1v) is 13.5. The Hall–Kier alpha value is -2.58. The van der Waals surface area contributed by atoms with E-state index >= 15 is 0 Å². The maximum absolute atomic E-state index is 13.4. The van der Waals surface area contributed by atoms with Crippen LogP contribution in [0.2, 0.25) is 0 Å². The Morgan fingerprint density at radius 2 is 2.06 bits per heavy atom. The Labute approximate surface area is 206 Å². The van der Waals surface area contributed by atoms with Gasteiger partial charge in [0.1, 0.15) is 16.6 Å². The number of rotatable bonds is 9. The molecule has 1 aliphatic carbocycles. The molecule has 2 amide bonds. The molecule has 2 heterocycles. The van der Waals surface area contributed by atoms with Crippen molar-refractivity contribution in [1.29, 1.82) is 0 Å². The van der Waals surface area contributed by atoms with Crippen molar-refractivity contribution in [3.05, 3.63) is 52.2 Å². The number of hydrogen-bond acceptors (Lipinski definition) is 8. The van der Waals surface area contributed by atoms with Gasteiger partial charge in [0.2, 0.25) is 5.91 Å².